The number of hydrogen-bond donors (Lipinski definition) is 8. The lowest BCUT2D eigenvalue weighted by molar-refractivity contribution is -0.870. The third kappa shape index (κ3) is 218. The molecule has 0 aliphatic carbocycles. The lowest BCUT2D eigenvalue weighted by atomic mass is 10.5. The van der Waals surface area contributed by atoms with Gasteiger partial charge in [0.1, 0.15) is 6.54 Å². The maximum Gasteiger partial charge on any atom is 0.466 e. The molecule has 0 radical (unpaired) electrons. The van der Waals surface area contributed by atoms with Crippen LogP contribution in [0.2, 0.25) is 0 Å². The van der Waals surface area contributed by atoms with Crippen molar-refractivity contribution < 1.29 is 48.1 Å². The van der Waals surface area contributed by atoms with Crippen LogP contribution < -0.4 is 6.15 Å². The molecular weight excluding hydrogens is 294 g/mol. The van der Waals surface area contributed by atoms with Crippen LogP contribution in [-0.2, 0) is 9.13 Å². The van der Waals surface area contributed by atoms with Crippen LogP contribution in [0.3, 0.4) is 0 Å². The molecule has 0 rings (SSSR count). The lowest BCUT2D eigenvalue weighted by Gasteiger charge is -2.21. The van der Waals surface area contributed by atoms with Crippen LogP contribution >= 0.6 is 15.6 Å². The Morgan fingerprint density at radius 1 is 0.833 bits per heavy atom. The summed E-state index contributed by atoms with van der Waals surface area (Å²) in [7, 11) is -3.12. The van der Waals surface area contributed by atoms with Crippen molar-refractivity contribution in [2.24, 2.45) is 0 Å². The number of rotatable bonds is 2. The molecule has 18 heavy (non-hydrogen) atoms. The van der Waals surface area contributed by atoms with E-state index < -0.39 is 15.6 Å². The summed E-state index contributed by atoms with van der Waals surface area (Å²) < 4.78 is 18.6. The SMILES string of the molecule is C[N+](C)(C)CCO.N.O=P(O)(O)O.O=P(O)(O)O. The molecule has 0 aliphatic rings. The molecular formula is C5H23N2O9P2+. The van der Waals surface area contributed by atoms with Gasteiger partial charge in [-0.25, -0.2) is 9.13 Å². The first kappa shape index (κ1) is 26.6. The minimum Gasteiger partial charge on any atom is -0.391 e. The lowest BCUT2D eigenvalue weighted by Crippen LogP contribution is -2.36. The van der Waals surface area contributed by atoms with Crippen molar-refractivity contribution in [1.29, 1.82) is 0 Å². The Kier molecular flexibility index (Phi) is 16.2. The number of aliphatic hydroxyl groups excluding tert-OH is 1. The Bertz CT molecular complexity index is 230. The number of hydrogen-bond acceptors (Lipinski definition) is 4. The highest BCUT2D eigenvalue weighted by atomic mass is 31.2. The highest BCUT2D eigenvalue weighted by molar-refractivity contribution is 7.45. The summed E-state index contributed by atoms with van der Waals surface area (Å²) in [5.74, 6) is 0. The summed E-state index contributed by atoms with van der Waals surface area (Å²) in [4.78, 5) is 43.1. The van der Waals surface area contributed by atoms with E-state index in [2.05, 4.69) is 21.1 Å². The summed E-state index contributed by atoms with van der Waals surface area (Å²) in [5.41, 5.74) is 0. The van der Waals surface area contributed by atoms with E-state index in [-0.39, 0.29) is 12.8 Å². The second-order valence-electron chi connectivity index (χ2n) is 3.76. The molecule has 0 spiro atoms. The van der Waals surface area contributed by atoms with Gasteiger partial charge in [-0.15, -0.1) is 0 Å². The predicted octanol–water partition coefficient (Wildman–Crippen LogP) is -2.01. The molecule has 0 aromatic rings. The van der Waals surface area contributed by atoms with Gasteiger partial charge in [0, 0.05) is 0 Å². The van der Waals surface area contributed by atoms with E-state index in [1.54, 1.807) is 0 Å². The molecule has 0 aliphatic heterocycles. The number of nitrogens with zero attached hydrogens (tertiary/aromatic N) is 1. The Labute approximate surface area is 105 Å². The van der Waals surface area contributed by atoms with Crippen LogP contribution in [0.25, 0.3) is 0 Å². The normalized spacial score (nSPS) is 11.2. The van der Waals surface area contributed by atoms with E-state index >= 15 is 0 Å². The molecule has 11 nitrogen and oxygen atoms in total. The molecule has 0 atom stereocenters. The molecule has 10 N–H and O–H groups in total. The summed E-state index contributed by atoms with van der Waals surface area (Å²) in [6, 6.07) is 0. The van der Waals surface area contributed by atoms with Gasteiger partial charge < -0.3 is 45.1 Å². The summed E-state index contributed by atoms with van der Waals surface area (Å²) >= 11 is 0. The van der Waals surface area contributed by atoms with Crippen molar-refractivity contribution in [2.45, 2.75) is 0 Å². The molecule has 0 unspecified atom stereocenters. The smallest absolute Gasteiger partial charge is 0.391 e. The zero-order chi connectivity index (χ0) is 14.9. The number of phosphoric acid groups is 2. The maximum absolute atomic E-state index is 8.88. The Balaban J connectivity index is -0.0000000813. The van der Waals surface area contributed by atoms with Gasteiger partial charge in [-0.1, -0.05) is 0 Å². The molecule has 0 heterocycles. The third-order valence-electron chi connectivity index (χ3n) is 0.771. The first-order chi connectivity index (χ1) is 7.06. The number of likely N-dealkylation sites (N-methyl/N-ethyl adjacent to an activating group) is 1. The second kappa shape index (κ2) is 11.0. The molecule has 0 saturated carbocycles. The molecule has 0 aromatic carbocycles. The fourth-order valence-corrected chi connectivity index (χ4v) is 0.300. The average molecular weight is 317 g/mol. The Morgan fingerprint density at radius 3 is 1.00 bits per heavy atom. The van der Waals surface area contributed by atoms with E-state index in [0.29, 0.717) is 0 Å². The van der Waals surface area contributed by atoms with Crippen LogP contribution in [-0.4, -0.2) is 73.2 Å². The van der Waals surface area contributed by atoms with Gasteiger partial charge in [0.15, 0.2) is 0 Å². The molecule has 13 heteroatoms. The maximum atomic E-state index is 8.88. The van der Waals surface area contributed by atoms with Gasteiger partial charge in [-0.2, -0.15) is 0 Å². The zero-order valence-corrected chi connectivity index (χ0v) is 12.2. The standard InChI is InChI=1S/C5H14NO.H3N.2H3O4P/c1-6(2,3)4-5-7;;2*1-5(2,3)4/h7H,4-5H2,1-3H3;1H3;2*(H3,1,2,3,4)/q+1;;;. The molecule has 0 amide bonds. The van der Waals surface area contributed by atoms with Gasteiger partial charge in [-0.05, 0) is 0 Å². The van der Waals surface area contributed by atoms with E-state index in [4.69, 9.17) is 43.6 Å². The fourth-order valence-electron chi connectivity index (χ4n) is 0.300. The van der Waals surface area contributed by atoms with E-state index in [9.17, 15) is 0 Å². The first-order valence-corrected chi connectivity index (χ1v) is 7.17. The molecule has 0 aromatic heterocycles. The topological polar surface area (TPSA) is 211 Å². The third-order valence-corrected chi connectivity index (χ3v) is 0.771. The minimum absolute atomic E-state index is 0. The van der Waals surface area contributed by atoms with Gasteiger partial charge in [0.05, 0.1) is 27.7 Å². The summed E-state index contributed by atoms with van der Waals surface area (Å²) in [5, 5.41) is 8.39. The zero-order valence-electron chi connectivity index (χ0n) is 10.4. The minimum atomic E-state index is -4.64. The molecule has 0 bridgehead atoms. The Hall–Kier alpha value is 0.1000. The quantitative estimate of drug-likeness (QED) is 0.207. The van der Waals surface area contributed by atoms with E-state index in [1.807, 2.05) is 0 Å². The summed E-state index contributed by atoms with van der Waals surface area (Å²) in [6.07, 6.45) is 0. The van der Waals surface area contributed by atoms with Crippen molar-refractivity contribution in [3.63, 3.8) is 0 Å². The average Bonchev–Trinajstić information content (AvgIpc) is 1.73. The number of aliphatic hydroxyl groups is 1. The number of quaternary nitrogens is 1. The van der Waals surface area contributed by atoms with Crippen LogP contribution in [0.15, 0.2) is 0 Å². The van der Waals surface area contributed by atoms with Crippen molar-refractivity contribution in [3.05, 3.63) is 0 Å². The first-order valence-electron chi connectivity index (χ1n) is 4.04. The van der Waals surface area contributed by atoms with Crippen molar-refractivity contribution >= 4 is 15.6 Å². The highest BCUT2D eigenvalue weighted by Crippen LogP contribution is 2.26. The van der Waals surface area contributed by atoms with Crippen LogP contribution in [0.1, 0.15) is 0 Å². The highest BCUT2D eigenvalue weighted by Gasteiger charge is 2.02. The monoisotopic (exact) mass is 317 g/mol. The van der Waals surface area contributed by atoms with Gasteiger partial charge in [0.2, 0.25) is 0 Å². The Morgan fingerprint density at radius 2 is 1.00 bits per heavy atom. The predicted molar refractivity (Wildman–Crippen MR) is 63.5 cm³/mol. The van der Waals surface area contributed by atoms with Crippen LogP contribution in [0.4, 0.5) is 0 Å². The molecule has 0 saturated heterocycles. The van der Waals surface area contributed by atoms with Crippen molar-refractivity contribution in [1.82, 2.24) is 6.15 Å². The van der Waals surface area contributed by atoms with Crippen LogP contribution in [0.5, 0.6) is 0 Å². The second-order valence-corrected chi connectivity index (χ2v) is 5.82. The van der Waals surface area contributed by atoms with Crippen molar-refractivity contribution in [3.8, 4) is 0 Å². The van der Waals surface area contributed by atoms with Gasteiger partial charge >= 0.3 is 15.6 Å². The van der Waals surface area contributed by atoms with Crippen LogP contribution in [0, 0.1) is 0 Å². The molecule has 116 valence electrons. The van der Waals surface area contributed by atoms with E-state index in [1.165, 1.54) is 0 Å². The summed E-state index contributed by atoms with van der Waals surface area (Å²) in [6.45, 7) is 1.11. The van der Waals surface area contributed by atoms with Crippen molar-refractivity contribution in [2.75, 3.05) is 34.3 Å². The fraction of sp³-hybridized carbons (Fsp3) is 1.00. The van der Waals surface area contributed by atoms with Gasteiger partial charge in [-0.3, -0.25) is 0 Å². The van der Waals surface area contributed by atoms with E-state index in [0.717, 1.165) is 11.0 Å². The van der Waals surface area contributed by atoms with Gasteiger partial charge in [0.25, 0.3) is 0 Å². The molecule has 0 fully saturated rings. The largest absolute Gasteiger partial charge is 0.466 e.